The number of benzene rings is 3. The minimum absolute atomic E-state index is 0.0602. The summed E-state index contributed by atoms with van der Waals surface area (Å²) in [6.07, 6.45) is 0. The lowest BCUT2D eigenvalue weighted by atomic mass is 10.1. The zero-order chi connectivity index (χ0) is 20.4. The highest BCUT2D eigenvalue weighted by atomic mass is 16.5. The van der Waals surface area contributed by atoms with Gasteiger partial charge in [0.1, 0.15) is 11.3 Å². The van der Waals surface area contributed by atoms with E-state index in [0.717, 1.165) is 33.4 Å². The Morgan fingerprint density at radius 1 is 1.00 bits per heavy atom. The highest BCUT2D eigenvalue weighted by Crippen LogP contribution is 2.28. The quantitative estimate of drug-likeness (QED) is 0.496. The van der Waals surface area contributed by atoms with Crippen molar-refractivity contribution in [3.8, 4) is 17.2 Å². The molecule has 0 aliphatic rings. The molecule has 1 aromatic heterocycles. The van der Waals surface area contributed by atoms with Crippen molar-refractivity contribution in [3.63, 3.8) is 0 Å². The standard InChI is InChI=1S/C24H22N2O3/c1-15-5-4-6-19(11-15)28-14-23(27)25-20-13-18(9-8-17(20)3)24-26-21-12-16(2)7-10-22(21)29-24/h4-13H,14H2,1-3H3,(H,25,27). The molecule has 0 saturated carbocycles. The summed E-state index contributed by atoms with van der Waals surface area (Å²) in [5, 5.41) is 2.91. The number of amides is 1. The average Bonchev–Trinajstić information content (AvgIpc) is 3.11. The van der Waals surface area contributed by atoms with Crippen LogP contribution in [-0.4, -0.2) is 17.5 Å². The molecule has 1 N–H and O–H groups in total. The Morgan fingerprint density at radius 2 is 1.83 bits per heavy atom. The number of fused-ring (bicyclic) bond motifs is 1. The Morgan fingerprint density at radius 3 is 2.66 bits per heavy atom. The molecule has 0 atom stereocenters. The van der Waals surface area contributed by atoms with E-state index in [2.05, 4.69) is 10.3 Å². The molecular weight excluding hydrogens is 364 g/mol. The van der Waals surface area contributed by atoms with Crippen molar-refractivity contribution in [2.24, 2.45) is 0 Å². The number of nitrogens with one attached hydrogen (secondary N) is 1. The lowest BCUT2D eigenvalue weighted by molar-refractivity contribution is -0.118. The second kappa shape index (κ2) is 7.80. The molecule has 146 valence electrons. The van der Waals surface area contributed by atoms with Crippen LogP contribution in [0.4, 0.5) is 5.69 Å². The SMILES string of the molecule is Cc1cccc(OCC(=O)Nc2cc(-c3nc4cc(C)ccc4o3)ccc2C)c1. The predicted molar refractivity (Wildman–Crippen MR) is 114 cm³/mol. The Kier molecular flexibility index (Phi) is 5.04. The van der Waals surface area contributed by atoms with Crippen molar-refractivity contribution in [1.82, 2.24) is 4.98 Å². The maximum atomic E-state index is 12.4. The van der Waals surface area contributed by atoms with Crippen LogP contribution in [0.15, 0.2) is 65.1 Å². The third kappa shape index (κ3) is 4.29. The van der Waals surface area contributed by atoms with Crippen molar-refractivity contribution in [3.05, 3.63) is 77.4 Å². The van der Waals surface area contributed by atoms with Crippen LogP contribution in [0.3, 0.4) is 0 Å². The number of carbonyl (C=O) groups is 1. The molecule has 4 aromatic rings. The first-order valence-electron chi connectivity index (χ1n) is 9.45. The van der Waals surface area contributed by atoms with Gasteiger partial charge in [-0.1, -0.05) is 24.3 Å². The molecule has 0 unspecified atom stereocenters. The number of anilines is 1. The highest BCUT2D eigenvalue weighted by Gasteiger charge is 2.12. The number of ether oxygens (including phenoxy) is 1. The fraction of sp³-hybridized carbons (Fsp3) is 0.167. The molecule has 0 aliphatic carbocycles. The lowest BCUT2D eigenvalue weighted by Crippen LogP contribution is -2.20. The van der Waals surface area contributed by atoms with Gasteiger partial charge in [-0.2, -0.15) is 0 Å². The summed E-state index contributed by atoms with van der Waals surface area (Å²) in [6.45, 7) is 5.88. The van der Waals surface area contributed by atoms with Gasteiger partial charge < -0.3 is 14.5 Å². The highest BCUT2D eigenvalue weighted by molar-refractivity contribution is 5.93. The smallest absolute Gasteiger partial charge is 0.262 e. The van der Waals surface area contributed by atoms with E-state index >= 15 is 0 Å². The van der Waals surface area contributed by atoms with Crippen LogP contribution in [0.25, 0.3) is 22.6 Å². The van der Waals surface area contributed by atoms with Gasteiger partial charge in [0.05, 0.1) is 0 Å². The van der Waals surface area contributed by atoms with E-state index in [1.54, 1.807) is 0 Å². The van der Waals surface area contributed by atoms with Gasteiger partial charge in [-0.3, -0.25) is 4.79 Å². The van der Waals surface area contributed by atoms with Crippen LogP contribution >= 0.6 is 0 Å². The Balaban J connectivity index is 1.51. The Labute approximate surface area is 169 Å². The van der Waals surface area contributed by atoms with E-state index in [9.17, 15) is 4.79 Å². The summed E-state index contributed by atoms with van der Waals surface area (Å²) in [4.78, 5) is 16.9. The third-order valence-corrected chi connectivity index (χ3v) is 4.66. The second-order valence-corrected chi connectivity index (χ2v) is 7.17. The molecule has 0 bridgehead atoms. The van der Waals surface area contributed by atoms with E-state index in [1.165, 1.54) is 0 Å². The summed E-state index contributed by atoms with van der Waals surface area (Å²) in [6, 6.07) is 19.3. The number of hydrogen-bond acceptors (Lipinski definition) is 4. The van der Waals surface area contributed by atoms with Gasteiger partial charge in [-0.05, 0) is 73.9 Å². The number of rotatable bonds is 5. The number of carbonyl (C=O) groups excluding carboxylic acids is 1. The number of aryl methyl sites for hydroxylation is 3. The fourth-order valence-corrected chi connectivity index (χ4v) is 3.09. The molecule has 1 heterocycles. The second-order valence-electron chi connectivity index (χ2n) is 7.17. The summed E-state index contributed by atoms with van der Waals surface area (Å²) in [5.41, 5.74) is 6.23. The maximum Gasteiger partial charge on any atom is 0.262 e. The van der Waals surface area contributed by atoms with Gasteiger partial charge in [-0.15, -0.1) is 0 Å². The normalized spacial score (nSPS) is 10.9. The van der Waals surface area contributed by atoms with Crippen molar-refractivity contribution in [2.75, 3.05) is 11.9 Å². The van der Waals surface area contributed by atoms with Gasteiger partial charge in [-0.25, -0.2) is 4.98 Å². The van der Waals surface area contributed by atoms with Gasteiger partial charge in [0.2, 0.25) is 5.89 Å². The molecule has 4 rings (SSSR count). The van der Waals surface area contributed by atoms with Gasteiger partial charge >= 0.3 is 0 Å². The Hall–Kier alpha value is -3.60. The van der Waals surface area contributed by atoms with Crippen molar-refractivity contribution < 1.29 is 13.9 Å². The fourth-order valence-electron chi connectivity index (χ4n) is 3.09. The molecule has 0 saturated heterocycles. The molecule has 0 radical (unpaired) electrons. The van der Waals surface area contributed by atoms with Crippen LogP contribution in [-0.2, 0) is 4.79 Å². The average molecular weight is 386 g/mol. The topological polar surface area (TPSA) is 64.4 Å². The lowest BCUT2D eigenvalue weighted by Gasteiger charge is -2.11. The molecule has 5 nitrogen and oxygen atoms in total. The first-order valence-corrected chi connectivity index (χ1v) is 9.45. The minimum Gasteiger partial charge on any atom is -0.484 e. The molecule has 29 heavy (non-hydrogen) atoms. The van der Waals surface area contributed by atoms with E-state index in [0.29, 0.717) is 17.3 Å². The largest absolute Gasteiger partial charge is 0.484 e. The summed E-state index contributed by atoms with van der Waals surface area (Å²) in [5.74, 6) is 0.976. The predicted octanol–water partition coefficient (Wildman–Crippen LogP) is 5.44. The van der Waals surface area contributed by atoms with Crippen molar-refractivity contribution in [1.29, 1.82) is 0 Å². The van der Waals surface area contributed by atoms with Crippen LogP contribution < -0.4 is 10.1 Å². The van der Waals surface area contributed by atoms with E-state index in [-0.39, 0.29) is 12.5 Å². The Bertz CT molecular complexity index is 1190. The van der Waals surface area contributed by atoms with Gasteiger partial charge in [0.15, 0.2) is 12.2 Å². The van der Waals surface area contributed by atoms with Gasteiger partial charge in [0.25, 0.3) is 5.91 Å². The summed E-state index contributed by atoms with van der Waals surface area (Å²) < 4.78 is 11.5. The molecule has 5 heteroatoms. The van der Waals surface area contributed by atoms with E-state index in [4.69, 9.17) is 9.15 Å². The van der Waals surface area contributed by atoms with E-state index < -0.39 is 0 Å². The first kappa shape index (κ1) is 18.7. The molecule has 3 aromatic carbocycles. The molecule has 0 aliphatic heterocycles. The number of nitrogens with zero attached hydrogens (tertiary/aromatic N) is 1. The number of oxazole rings is 1. The monoisotopic (exact) mass is 386 g/mol. The summed E-state index contributed by atoms with van der Waals surface area (Å²) >= 11 is 0. The maximum absolute atomic E-state index is 12.4. The van der Waals surface area contributed by atoms with Crippen LogP contribution in [0.5, 0.6) is 5.75 Å². The number of hydrogen-bond donors (Lipinski definition) is 1. The van der Waals surface area contributed by atoms with Gasteiger partial charge in [0, 0.05) is 11.3 Å². The molecule has 0 spiro atoms. The van der Waals surface area contributed by atoms with Crippen LogP contribution in [0, 0.1) is 20.8 Å². The third-order valence-electron chi connectivity index (χ3n) is 4.66. The van der Waals surface area contributed by atoms with Crippen molar-refractivity contribution in [2.45, 2.75) is 20.8 Å². The van der Waals surface area contributed by atoms with Crippen molar-refractivity contribution >= 4 is 22.7 Å². The molecule has 0 fully saturated rings. The molecular formula is C24H22N2O3. The zero-order valence-corrected chi connectivity index (χ0v) is 16.7. The number of aromatic nitrogens is 1. The minimum atomic E-state index is -0.222. The zero-order valence-electron chi connectivity index (χ0n) is 16.7. The first-order chi connectivity index (χ1) is 14.0. The van der Waals surface area contributed by atoms with Crippen LogP contribution in [0.2, 0.25) is 0 Å². The summed E-state index contributed by atoms with van der Waals surface area (Å²) in [7, 11) is 0. The van der Waals surface area contributed by atoms with Crippen LogP contribution in [0.1, 0.15) is 16.7 Å². The van der Waals surface area contributed by atoms with E-state index in [1.807, 2.05) is 81.4 Å². The molecule has 1 amide bonds.